The highest BCUT2D eigenvalue weighted by molar-refractivity contribution is 6.06. The number of carbonyl (C=O) groups is 1. The Morgan fingerprint density at radius 2 is 1.88 bits per heavy atom. The van der Waals surface area contributed by atoms with Gasteiger partial charge >= 0.3 is 6.01 Å². The standard InChI is InChI=1S/C16H12N4O5/c1-24-11-8-6-10(7-9-11)15-18-19-16(25-15)17-14(21)12-4-2-3-5-13(12)20(22)23/h2-9H,1H3,(H,17,19,21). The predicted molar refractivity (Wildman–Crippen MR) is 87.3 cm³/mol. The van der Waals surface area contributed by atoms with Gasteiger partial charge in [-0.25, -0.2) is 0 Å². The summed E-state index contributed by atoms with van der Waals surface area (Å²) in [5, 5.41) is 20.9. The lowest BCUT2D eigenvalue weighted by Gasteiger charge is -2.01. The summed E-state index contributed by atoms with van der Waals surface area (Å²) < 4.78 is 10.4. The normalized spacial score (nSPS) is 10.3. The predicted octanol–water partition coefficient (Wildman–Crippen LogP) is 2.91. The summed E-state index contributed by atoms with van der Waals surface area (Å²) in [4.78, 5) is 22.6. The Balaban J connectivity index is 1.79. The molecule has 9 nitrogen and oxygen atoms in total. The van der Waals surface area contributed by atoms with Crippen molar-refractivity contribution in [2.45, 2.75) is 0 Å². The summed E-state index contributed by atoms with van der Waals surface area (Å²) in [6.07, 6.45) is 0. The van der Waals surface area contributed by atoms with Crippen LogP contribution in [0.3, 0.4) is 0 Å². The molecule has 3 rings (SSSR count). The number of nitro groups is 1. The molecule has 3 aromatic rings. The molecule has 0 unspecified atom stereocenters. The van der Waals surface area contributed by atoms with Gasteiger partial charge in [0.05, 0.1) is 12.0 Å². The van der Waals surface area contributed by atoms with E-state index in [9.17, 15) is 14.9 Å². The molecule has 1 amide bonds. The Kier molecular flexibility index (Phi) is 4.38. The number of amides is 1. The number of carbonyl (C=O) groups excluding carboxylic acids is 1. The smallest absolute Gasteiger partial charge is 0.322 e. The lowest BCUT2D eigenvalue weighted by atomic mass is 10.1. The number of hydrogen-bond donors (Lipinski definition) is 1. The maximum absolute atomic E-state index is 12.2. The summed E-state index contributed by atoms with van der Waals surface area (Å²) in [5.74, 6) is 0.158. The van der Waals surface area contributed by atoms with Crippen LogP contribution in [-0.4, -0.2) is 28.1 Å². The number of rotatable bonds is 5. The van der Waals surface area contributed by atoms with Crippen LogP contribution in [0.1, 0.15) is 10.4 Å². The molecule has 9 heteroatoms. The Hall–Kier alpha value is -3.75. The molecular formula is C16H12N4O5. The first-order chi connectivity index (χ1) is 12.1. The SMILES string of the molecule is COc1ccc(-c2nnc(NC(=O)c3ccccc3[N+](=O)[O-])o2)cc1. The molecule has 1 heterocycles. The molecule has 0 aliphatic rings. The minimum absolute atomic E-state index is 0.100. The van der Waals surface area contributed by atoms with E-state index >= 15 is 0 Å². The third-order valence-corrected chi connectivity index (χ3v) is 3.33. The zero-order valence-electron chi connectivity index (χ0n) is 13.0. The fourth-order valence-electron chi connectivity index (χ4n) is 2.11. The van der Waals surface area contributed by atoms with Crippen molar-refractivity contribution >= 4 is 17.6 Å². The Labute approximate surface area is 141 Å². The highest BCUT2D eigenvalue weighted by Gasteiger charge is 2.21. The first kappa shape index (κ1) is 16.1. The van der Waals surface area contributed by atoms with Crippen LogP contribution >= 0.6 is 0 Å². The van der Waals surface area contributed by atoms with Crippen molar-refractivity contribution in [3.63, 3.8) is 0 Å². The Morgan fingerprint density at radius 1 is 1.16 bits per heavy atom. The highest BCUT2D eigenvalue weighted by atomic mass is 16.6. The molecule has 0 fully saturated rings. The molecule has 0 aliphatic heterocycles. The maximum atomic E-state index is 12.2. The van der Waals surface area contributed by atoms with Gasteiger partial charge in [0.1, 0.15) is 11.3 Å². The van der Waals surface area contributed by atoms with E-state index < -0.39 is 10.8 Å². The van der Waals surface area contributed by atoms with E-state index in [1.54, 1.807) is 31.4 Å². The first-order valence-corrected chi connectivity index (χ1v) is 7.11. The molecule has 2 aromatic carbocycles. The van der Waals surface area contributed by atoms with Gasteiger partial charge in [-0.05, 0) is 30.3 Å². The van der Waals surface area contributed by atoms with Crippen molar-refractivity contribution in [3.05, 3.63) is 64.2 Å². The number of nitrogens with zero attached hydrogens (tertiary/aromatic N) is 3. The third kappa shape index (κ3) is 3.44. The zero-order chi connectivity index (χ0) is 17.8. The Morgan fingerprint density at radius 3 is 2.56 bits per heavy atom. The fraction of sp³-hybridized carbons (Fsp3) is 0.0625. The maximum Gasteiger partial charge on any atom is 0.322 e. The quantitative estimate of drug-likeness (QED) is 0.560. The zero-order valence-corrected chi connectivity index (χ0v) is 13.0. The lowest BCUT2D eigenvalue weighted by molar-refractivity contribution is -0.385. The number of methoxy groups -OCH3 is 1. The van der Waals surface area contributed by atoms with Crippen molar-refractivity contribution in [1.82, 2.24) is 10.2 Å². The number of anilines is 1. The van der Waals surface area contributed by atoms with Crippen molar-refractivity contribution in [3.8, 4) is 17.2 Å². The van der Waals surface area contributed by atoms with Crippen LogP contribution in [0, 0.1) is 10.1 Å². The molecule has 0 radical (unpaired) electrons. The molecule has 1 N–H and O–H groups in total. The number of nitrogens with one attached hydrogen (secondary N) is 1. The van der Waals surface area contributed by atoms with Gasteiger partial charge in [0.25, 0.3) is 11.6 Å². The summed E-state index contributed by atoms with van der Waals surface area (Å²) in [7, 11) is 1.55. The van der Waals surface area contributed by atoms with Gasteiger partial charge in [0, 0.05) is 11.6 Å². The van der Waals surface area contributed by atoms with Crippen molar-refractivity contribution in [2.24, 2.45) is 0 Å². The number of aromatic nitrogens is 2. The molecule has 25 heavy (non-hydrogen) atoms. The van der Waals surface area contributed by atoms with Crippen molar-refractivity contribution in [1.29, 1.82) is 0 Å². The minimum atomic E-state index is -0.711. The number of hydrogen-bond acceptors (Lipinski definition) is 7. The molecule has 0 saturated carbocycles. The van der Waals surface area contributed by atoms with Gasteiger partial charge in [-0.3, -0.25) is 20.2 Å². The summed E-state index contributed by atoms with van der Waals surface area (Å²) >= 11 is 0. The van der Waals surface area contributed by atoms with Crippen LogP contribution in [0.5, 0.6) is 5.75 Å². The molecule has 0 bridgehead atoms. The van der Waals surface area contributed by atoms with Crippen LogP contribution in [0.25, 0.3) is 11.5 Å². The number of benzene rings is 2. The van der Waals surface area contributed by atoms with E-state index in [4.69, 9.17) is 9.15 Å². The summed E-state index contributed by atoms with van der Waals surface area (Å²) in [5.41, 5.74) is 0.228. The highest BCUT2D eigenvalue weighted by Crippen LogP contribution is 2.23. The van der Waals surface area contributed by atoms with E-state index in [0.29, 0.717) is 11.3 Å². The molecule has 0 aliphatic carbocycles. The summed E-state index contributed by atoms with van der Waals surface area (Å²) in [6, 6.07) is 12.3. The van der Waals surface area contributed by atoms with E-state index in [1.165, 1.54) is 24.3 Å². The second kappa shape index (κ2) is 6.79. The van der Waals surface area contributed by atoms with E-state index in [2.05, 4.69) is 15.5 Å². The monoisotopic (exact) mass is 340 g/mol. The van der Waals surface area contributed by atoms with Gasteiger partial charge in [0.2, 0.25) is 5.89 Å². The van der Waals surface area contributed by atoms with Crippen LogP contribution in [-0.2, 0) is 0 Å². The molecular weight excluding hydrogens is 328 g/mol. The van der Waals surface area contributed by atoms with Gasteiger partial charge in [-0.1, -0.05) is 17.2 Å². The topological polar surface area (TPSA) is 120 Å². The van der Waals surface area contributed by atoms with Crippen LogP contribution in [0.2, 0.25) is 0 Å². The molecule has 0 atom stereocenters. The van der Waals surface area contributed by atoms with Crippen LogP contribution in [0.4, 0.5) is 11.7 Å². The average molecular weight is 340 g/mol. The van der Waals surface area contributed by atoms with Crippen LogP contribution in [0.15, 0.2) is 52.9 Å². The van der Waals surface area contributed by atoms with Crippen molar-refractivity contribution < 1.29 is 18.9 Å². The van der Waals surface area contributed by atoms with Crippen LogP contribution < -0.4 is 10.1 Å². The van der Waals surface area contributed by atoms with E-state index in [1.807, 2.05) is 0 Å². The van der Waals surface area contributed by atoms with Crippen molar-refractivity contribution in [2.75, 3.05) is 12.4 Å². The van der Waals surface area contributed by atoms with Gasteiger partial charge in [-0.15, -0.1) is 5.10 Å². The molecule has 0 spiro atoms. The number of ether oxygens (including phenoxy) is 1. The molecule has 0 saturated heterocycles. The van der Waals surface area contributed by atoms with Gasteiger partial charge < -0.3 is 9.15 Å². The van der Waals surface area contributed by atoms with Gasteiger partial charge in [-0.2, -0.15) is 0 Å². The fourth-order valence-corrected chi connectivity index (χ4v) is 2.11. The summed E-state index contributed by atoms with van der Waals surface area (Å²) in [6.45, 7) is 0. The lowest BCUT2D eigenvalue weighted by Crippen LogP contribution is -2.14. The van der Waals surface area contributed by atoms with E-state index in [0.717, 1.165) is 0 Å². The Bertz CT molecular complexity index is 920. The largest absolute Gasteiger partial charge is 0.497 e. The minimum Gasteiger partial charge on any atom is -0.497 e. The van der Waals surface area contributed by atoms with E-state index in [-0.39, 0.29) is 23.2 Å². The first-order valence-electron chi connectivity index (χ1n) is 7.11. The van der Waals surface area contributed by atoms with Gasteiger partial charge in [0.15, 0.2) is 0 Å². The average Bonchev–Trinajstić information content (AvgIpc) is 3.10. The number of nitro benzene ring substituents is 1. The molecule has 1 aromatic heterocycles. The third-order valence-electron chi connectivity index (χ3n) is 3.33. The second-order valence-corrected chi connectivity index (χ2v) is 4.87. The second-order valence-electron chi connectivity index (χ2n) is 4.87. The number of para-hydroxylation sites is 1. The molecule has 126 valence electrons.